The Morgan fingerprint density at radius 1 is 1.50 bits per heavy atom. The summed E-state index contributed by atoms with van der Waals surface area (Å²) in [6.07, 6.45) is 1.44. The summed E-state index contributed by atoms with van der Waals surface area (Å²) in [6, 6.07) is 1.54. The van der Waals surface area contributed by atoms with Crippen molar-refractivity contribution >= 4 is 23.3 Å². The quantitative estimate of drug-likeness (QED) is 0.527. The van der Waals surface area contributed by atoms with Gasteiger partial charge in [0.2, 0.25) is 0 Å². The third-order valence-corrected chi connectivity index (χ3v) is 3.35. The lowest BCUT2D eigenvalue weighted by atomic mass is 10.2. The number of carbonyl (C=O) groups excluding carboxylic acids is 1. The number of pyridine rings is 1. The van der Waals surface area contributed by atoms with Crippen molar-refractivity contribution in [2.75, 3.05) is 44.8 Å². The molecule has 0 radical (unpaired) electrons. The molecule has 20 heavy (non-hydrogen) atoms. The first-order valence-corrected chi connectivity index (χ1v) is 6.79. The van der Waals surface area contributed by atoms with Gasteiger partial charge in [-0.2, -0.15) is 0 Å². The number of nitrogens with two attached hydrogens (primary N) is 1. The van der Waals surface area contributed by atoms with Crippen LogP contribution in [0.3, 0.4) is 0 Å². The number of amides is 1. The molecule has 1 saturated heterocycles. The Bertz CT molecular complexity index is 465. The largest absolute Gasteiger partial charge is 0.379 e. The molecule has 0 bridgehead atoms. The van der Waals surface area contributed by atoms with Crippen LogP contribution in [0.4, 0.5) is 5.82 Å². The van der Waals surface area contributed by atoms with Gasteiger partial charge in [-0.25, -0.2) is 10.8 Å². The van der Waals surface area contributed by atoms with Gasteiger partial charge in [0.25, 0.3) is 5.91 Å². The highest BCUT2D eigenvalue weighted by Crippen LogP contribution is 2.18. The molecule has 0 aromatic carbocycles. The molecule has 110 valence electrons. The number of hydrogen-bond acceptors (Lipinski definition) is 6. The molecule has 1 aromatic heterocycles. The number of nitrogen functional groups attached to an aromatic ring is 1. The number of halogens is 1. The van der Waals surface area contributed by atoms with Crippen LogP contribution in [0.1, 0.15) is 10.4 Å². The number of anilines is 1. The highest BCUT2D eigenvalue weighted by molar-refractivity contribution is 6.33. The second-order valence-corrected chi connectivity index (χ2v) is 4.82. The first-order chi connectivity index (χ1) is 9.70. The molecule has 0 saturated carbocycles. The number of carbonyl (C=O) groups is 1. The van der Waals surface area contributed by atoms with Gasteiger partial charge in [0, 0.05) is 32.4 Å². The molecule has 0 unspecified atom stereocenters. The van der Waals surface area contributed by atoms with Gasteiger partial charge in [-0.1, -0.05) is 11.6 Å². The molecule has 1 aromatic rings. The smallest absolute Gasteiger partial charge is 0.252 e. The summed E-state index contributed by atoms with van der Waals surface area (Å²) in [5, 5.41) is 3.15. The standard InChI is InChI=1S/C12H18ClN5O2/c13-10-7-9(8-16-11(10)17-14)12(19)15-1-2-18-3-5-20-6-4-18/h7-8H,1-6,14H2,(H,15,19)(H,16,17). The van der Waals surface area contributed by atoms with E-state index < -0.39 is 0 Å². The van der Waals surface area contributed by atoms with Gasteiger partial charge in [0.05, 0.1) is 23.8 Å². The van der Waals surface area contributed by atoms with Crippen LogP contribution < -0.4 is 16.6 Å². The van der Waals surface area contributed by atoms with Crippen LogP contribution >= 0.6 is 11.6 Å². The fourth-order valence-corrected chi connectivity index (χ4v) is 2.14. The maximum absolute atomic E-state index is 11.9. The summed E-state index contributed by atoms with van der Waals surface area (Å²) in [5.41, 5.74) is 2.77. The van der Waals surface area contributed by atoms with E-state index in [-0.39, 0.29) is 5.91 Å². The number of rotatable bonds is 5. The van der Waals surface area contributed by atoms with E-state index >= 15 is 0 Å². The Balaban J connectivity index is 1.80. The van der Waals surface area contributed by atoms with E-state index in [1.165, 1.54) is 12.3 Å². The summed E-state index contributed by atoms with van der Waals surface area (Å²) in [5.74, 6) is 5.37. The molecule has 2 heterocycles. The lowest BCUT2D eigenvalue weighted by Crippen LogP contribution is -2.41. The molecule has 1 amide bonds. The first kappa shape index (κ1) is 15.0. The maximum atomic E-state index is 11.9. The van der Waals surface area contributed by atoms with Gasteiger partial charge >= 0.3 is 0 Å². The highest BCUT2D eigenvalue weighted by atomic mass is 35.5. The van der Waals surface area contributed by atoms with Gasteiger partial charge in [-0.3, -0.25) is 9.69 Å². The van der Waals surface area contributed by atoms with Gasteiger partial charge in [-0.15, -0.1) is 0 Å². The SMILES string of the molecule is NNc1ncc(C(=O)NCCN2CCOCC2)cc1Cl. The Morgan fingerprint density at radius 3 is 2.90 bits per heavy atom. The number of hydrazine groups is 1. The Kier molecular flexibility index (Phi) is 5.54. The summed E-state index contributed by atoms with van der Waals surface area (Å²) in [7, 11) is 0. The van der Waals surface area contributed by atoms with Crippen molar-refractivity contribution in [3.05, 3.63) is 22.8 Å². The summed E-state index contributed by atoms with van der Waals surface area (Å²) < 4.78 is 5.26. The molecule has 4 N–H and O–H groups in total. The monoisotopic (exact) mass is 299 g/mol. The molecule has 0 atom stereocenters. The van der Waals surface area contributed by atoms with Crippen LogP contribution in [-0.4, -0.2) is 55.2 Å². The summed E-state index contributed by atoms with van der Waals surface area (Å²) >= 11 is 5.92. The molecule has 0 aliphatic carbocycles. The van der Waals surface area contributed by atoms with Crippen molar-refractivity contribution in [3.63, 3.8) is 0 Å². The lowest BCUT2D eigenvalue weighted by Gasteiger charge is -2.26. The van der Waals surface area contributed by atoms with Crippen LogP contribution in [0.15, 0.2) is 12.3 Å². The second kappa shape index (κ2) is 7.39. The third-order valence-electron chi connectivity index (χ3n) is 3.06. The lowest BCUT2D eigenvalue weighted by molar-refractivity contribution is 0.0383. The number of nitrogens with one attached hydrogen (secondary N) is 2. The molecule has 1 aliphatic heterocycles. The second-order valence-electron chi connectivity index (χ2n) is 4.41. The van der Waals surface area contributed by atoms with Crippen molar-refractivity contribution in [2.45, 2.75) is 0 Å². The van der Waals surface area contributed by atoms with Gasteiger partial charge in [-0.05, 0) is 6.07 Å². The zero-order valence-corrected chi connectivity index (χ0v) is 11.8. The van der Waals surface area contributed by atoms with Gasteiger partial charge in [0.1, 0.15) is 0 Å². The minimum Gasteiger partial charge on any atom is -0.379 e. The van der Waals surface area contributed by atoms with Crippen LogP contribution in [-0.2, 0) is 4.74 Å². The van der Waals surface area contributed by atoms with E-state index in [2.05, 4.69) is 20.6 Å². The van der Waals surface area contributed by atoms with Crippen molar-refractivity contribution in [3.8, 4) is 0 Å². The number of ether oxygens (including phenoxy) is 1. The van der Waals surface area contributed by atoms with Crippen molar-refractivity contribution in [1.29, 1.82) is 0 Å². The summed E-state index contributed by atoms with van der Waals surface area (Å²) in [4.78, 5) is 18.1. The Hall–Kier alpha value is -1.41. The van der Waals surface area contributed by atoms with E-state index in [1.54, 1.807) is 0 Å². The Labute approximate surface area is 122 Å². The van der Waals surface area contributed by atoms with Gasteiger partial charge < -0.3 is 15.5 Å². The van der Waals surface area contributed by atoms with Crippen LogP contribution in [0.5, 0.6) is 0 Å². The predicted octanol–water partition coefficient (Wildman–Crippen LogP) is 0.0826. The first-order valence-electron chi connectivity index (χ1n) is 6.41. The minimum absolute atomic E-state index is 0.198. The molecule has 1 fully saturated rings. The highest BCUT2D eigenvalue weighted by Gasteiger charge is 2.12. The normalized spacial score (nSPS) is 15.9. The fraction of sp³-hybridized carbons (Fsp3) is 0.500. The molecular weight excluding hydrogens is 282 g/mol. The molecule has 0 spiro atoms. The number of aromatic nitrogens is 1. The maximum Gasteiger partial charge on any atom is 0.252 e. The van der Waals surface area contributed by atoms with Crippen LogP contribution in [0.2, 0.25) is 5.02 Å². The molecule has 1 aliphatic rings. The topological polar surface area (TPSA) is 92.5 Å². The van der Waals surface area contributed by atoms with E-state index in [4.69, 9.17) is 22.2 Å². The van der Waals surface area contributed by atoms with E-state index in [0.717, 1.165) is 32.8 Å². The predicted molar refractivity (Wildman–Crippen MR) is 76.6 cm³/mol. The number of nitrogens with zero attached hydrogens (tertiary/aromatic N) is 2. The van der Waals surface area contributed by atoms with Gasteiger partial charge in [0.15, 0.2) is 5.82 Å². The van der Waals surface area contributed by atoms with Crippen LogP contribution in [0, 0.1) is 0 Å². The zero-order chi connectivity index (χ0) is 14.4. The Morgan fingerprint density at radius 2 is 2.25 bits per heavy atom. The average Bonchev–Trinajstić information content (AvgIpc) is 2.48. The van der Waals surface area contributed by atoms with Crippen molar-refractivity contribution in [1.82, 2.24) is 15.2 Å². The van der Waals surface area contributed by atoms with Crippen molar-refractivity contribution < 1.29 is 9.53 Å². The van der Waals surface area contributed by atoms with E-state index in [9.17, 15) is 4.79 Å². The zero-order valence-electron chi connectivity index (χ0n) is 11.1. The average molecular weight is 300 g/mol. The fourth-order valence-electron chi connectivity index (χ4n) is 1.92. The molecule has 8 heteroatoms. The molecule has 7 nitrogen and oxygen atoms in total. The van der Waals surface area contributed by atoms with E-state index in [1.807, 2.05) is 0 Å². The summed E-state index contributed by atoms with van der Waals surface area (Å²) in [6.45, 7) is 4.69. The van der Waals surface area contributed by atoms with Crippen molar-refractivity contribution in [2.24, 2.45) is 5.84 Å². The number of morpholine rings is 1. The van der Waals surface area contributed by atoms with E-state index in [0.29, 0.717) is 22.9 Å². The molecular formula is C12H18ClN5O2. The third kappa shape index (κ3) is 4.04. The van der Waals surface area contributed by atoms with Crippen LogP contribution in [0.25, 0.3) is 0 Å². The molecule has 2 rings (SSSR count). The minimum atomic E-state index is -0.198. The number of hydrogen-bond donors (Lipinski definition) is 3.